The second kappa shape index (κ2) is 17.2. The van der Waals surface area contributed by atoms with Crippen LogP contribution in [-0.2, 0) is 51.9 Å². The van der Waals surface area contributed by atoms with Crippen LogP contribution >= 0.6 is 0 Å². The van der Waals surface area contributed by atoms with E-state index in [0.717, 1.165) is 48.4 Å². The van der Waals surface area contributed by atoms with Crippen LogP contribution in [-0.4, -0.2) is 40.6 Å². The van der Waals surface area contributed by atoms with Crippen molar-refractivity contribution in [3.05, 3.63) is 105 Å². The molecule has 2 aliphatic rings. The minimum atomic E-state index is 0. The molecular formula is C34H40N6Zr. The summed E-state index contributed by atoms with van der Waals surface area (Å²) in [4.78, 5) is 18.7. The average Bonchev–Trinajstić information content (AvgIpc) is 3.70. The van der Waals surface area contributed by atoms with Crippen molar-refractivity contribution >= 4 is 23.8 Å². The minimum absolute atomic E-state index is 0. The third kappa shape index (κ3) is 8.57. The van der Waals surface area contributed by atoms with Gasteiger partial charge in [-0.15, -0.1) is 11.4 Å². The van der Waals surface area contributed by atoms with Crippen LogP contribution in [0.3, 0.4) is 0 Å². The van der Waals surface area contributed by atoms with Gasteiger partial charge in [0.1, 0.15) is 0 Å². The summed E-state index contributed by atoms with van der Waals surface area (Å²) < 4.78 is 0. The summed E-state index contributed by atoms with van der Waals surface area (Å²) in [6.07, 6.45) is 16.8. The maximum Gasteiger partial charge on any atom is 4.00 e. The van der Waals surface area contributed by atoms with Crippen molar-refractivity contribution in [3.63, 3.8) is 0 Å². The van der Waals surface area contributed by atoms with Gasteiger partial charge in [-0.2, -0.15) is 40.6 Å². The summed E-state index contributed by atoms with van der Waals surface area (Å²) in [5, 5.41) is 7.00. The third-order valence-corrected chi connectivity index (χ3v) is 7.10. The Morgan fingerprint density at radius 2 is 0.976 bits per heavy atom. The van der Waals surface area contributed by atoms with Crippen LogP contribution in [0.25, 0.3) is 21.8 Å². The van der Waals surface area contributed by atoms with E-state index in [1.807, 2.05) is 49.1 Å². The van der Waals surface area contributed by atoms with Crippen molar-refractivity contribution in [2.45, 2.75) is 51.4 Å². The first-order valence-corrected chi connectivity index (χ1v) is 14.2. The fourth-order valence-electron chi connectivity index (χ4n) is 5.46. The summed E-state index contributed by atoms with van der Waals surface area (Å²) in [7, 11) is 7.00. The number of aromatic nitrogens is 2. The van der Waals surface area contributed by atoms with Crippen molar-refractivity contribution in [3.8, 4) is 11.1 Å². The van der Waals surface area contributed by atoms with E-state index in [9.17, 15) is 0 Å². The van der Waals surface area contributed by atoms with Crippen LogP contribution in [0, 0.1) is 0 Å². The topological polar surface area (TPSA) is 81.1 Å². The molecule has 2 aromatic heterocycles. The van der Waals surface area contributed by atoms with Gasteiger partial charge in [0.05, 0.1) is 11.4 Å². The predicted octanol–water partition coefficient (Wildman–Crippen LogP) is 7.76. The molecule has 0 radical (unpaired) electrons. The van der Waals surface area contributed by atoms with Gasteiger partial charge in [0.15, 0.2) is 0 Å². The number of hydrogen-bond acceptors (Lipinski definition) is 2. The zero-order valence-electron chi connectivity index (χ0n) is 24.8. The molecule has 2 aliphatic carbocycles. The normalized spacial score (nSPS) is 13.9. The largest absolute Gasteiger partial charge is 4.00 e. The quantitative estimate of drug-likeness (QED) is 0.213. The molecule has 0 bridgehead atoms. The number of benzene rings is 2. The van der Waals surface area contributed by atoms with Gasteiger partial charge in [0, 0.05) is 23.6 Å². The number of nitrogens with zero attached hydrogens (tertiary/aromatic N) is 6. The van der Waals surface area contributed by atoms with E-state index >= 15 is 0 Å². The summed E-state index contributed by atoms with van der Waals surface area (Å²) in [5.74, 6) is 0. The van der Waals surface area contributed by atoms with Crippen molar-refractivity contribution in [1.29, 1.82) is 0 Å². The Morgan fingerprint density at radius 1 is 0.585 bits per heavy atom. The molecule has 6 nitrogen and oxygen atoms in total. The standard InChI is InChI=1S/C30H28N4.2C2H6N.Zr/c1-3-11-25-21(7-1)13-15-27(33-19-23-9-5-17-31-23)29(25)30-26-12-4-2-8-22(26)14-16-28(30)34-20-24-10-6-18-32-24;2*1-3-2;/h5-6,9-10,13-20H,1-4,7-8,11-12H2;2*1-2H3;/q-2;2*-1;+4. The van der Waals surface area contributed by atoms with Crippen molar-refractivity contribution < 1.29 is 26.2 Å². The van der Waals surface area contributed by atoms with E-state index < -0.39 is 0 Å². The summed E-state index contributed by atoms with van der Waals surface area (Å²) in [6, 6.07) is 16.9. The Balaban J connectivity index is 0.000000610. The molecule has 0 unspecified atom stereocenters. The predicted molar refractivity (Wildman–Crippen MR) is 170 cm³/mol. The van der Waals surface area contributed by atoms with Gasteiger partial charge >= 0.3 is 26.2 Å². The molecule has 2 aromatic carbocycles. The summed E-state index contributed by atoms with van der Waals surface area (Å²) >= 11 is 0. The average molecular weight is 624 g/mol. The molecule has 2 heterocycles. The van der Waals surface area contributed by atoms with E-state index in [0.29, 0.717) is 0 Å². The van der Waals surface area contributed by atoms with E-state index in [1.165, 1.54) is 59.1 Å². The number of aliphatic imine (C=N–C) groups is 2. The summed E-state index contributed by atoms with van der Waals surface area (Å²) in [6.45, 7) is 0. The van der Waals surface area contributed by atoms with Gasteiger partial charge < -0.3 is 20.6 Å². The van der Waals surface area contributed by atoms with Gasteiger partial charge in [0.2, 0.25) is 0 Å². The van der Waals surface area contributed by atoms with E-state index in [1.54, 1.807) is 28.2 Å². The SMILES string of the molecule is C(=Nc1ccc2c(c1-c1c(N=Cc3ccc[n-]3)ccc3c1CCCC3)CCCC2)c1ccc[n-]1.C[N-]C.C[N-]C.[Zr+4]. The fourth-order valence-corrected chi connectivity index (χ4v) is 5.46. The molecule has 0 N–H and O–H groups in total. The summed E-state index contributed by atoms with van der Waals surface area (Å²) in [5.41, 5.74) is 12.2. The Hall–Kier alpha value is -2.86. The van der Waals surface area contributed by atoms with Crippen LogP contribution in [0.2, 0.25) is 0 Å². The Kier molecular flexibility index (Phi) is 13.7. The molecule has 41 heavy (non-hydrogen) atoms. The molecule has 0 spiro atoms. The molecule has 4 aromatic rings. The van der Waals surface area contributed by atoms with Crippen molar-refractivity contribution in [1.82, 2.24) is 9.97 Å². The molecule has 0 saturated carbocycles. The number of fused-ring (bicyclic) bond motifs is 2. The van der Waals surface area contributed by atoms with Crippen LogP contribution < -0.4 is 9.97 Å². The van der Waals surface area contributed by atoms with Crippen LogP contribution in [0.1, 0.15) is 59.3 Å². The maximum absolute atomic E-state index is 4.98. The van der Waals surface area contributed by atoms with E-state index in [4.69, 9.17) is 9.98 Å². The molecule has 6 rings (SSSR count). The van der Waals surface area contributed by atoms with Gasteiger partial charge in [-0.05, 0) is 85.8 Å². The maximum atomic E-state index is 4.98. The molecule has 0 saturated heterocycles. The van der Waals surface area contributed by atoms with Crippen LogP contribution in [0.5, 0.6) is 0 Å². The zero-order valence-corrected chi connectivity index (χ0v) is 27.2. The molecule has 0 atom stereocenters. The van der Waals surface area contributed by atoms with Crippen molar-refractivity contribution in [2.75, 3.05) is 28.2 Å². The van der Waals surface area contributed by atoms with E-state index in [2.05, 4.69) is 44.9 Å². The Bertz CT molecular complexity index is 1280. The molecule has 0 amide bonds. The number of rotatable bonds is 5. The van der Waals surface area contributed by atoms with Gasteiger partial charge in [0.25, 0.3) is 0 Å². The smallest absolute Gasteiger partial charge is 0.668 e. The third-order valence-electron chi connectivity index (χ3n) is 7.10. The molecule has 0 aliphatic heterocycles. The van der Waals surface area contributed by atoms with Crippen LogP contribution in [0.15, 0.2) is 70.9 Å². The molecule has 0 fully saturated rings. The molecule has 7 heteroatoms. The van der Waals surface area contributed by atoms with Crippen molar-refractivity contribution in [2.24, 2.45) is 9.98 Å². The molecule has 210 valence electrons. The van der Waals surface area contributed by atoms with Gasteiger partial charge in [-0.25, -0.2) is 0 Å². The second-order valence-corrected chi connectivity index (χ2v) is 10.1. The fraction of sp³-hybridized carbons (Fsp3) is 0.353. The minimum Gasteiger partial charge on any atom is -0.668 e. The van der Waals surface area contributed by atoms with Crippen LogP contribution in [0.4, 0.5) is 11.4 Å². The first-order valence-electron chi connectivity index (χ1n) is 14.2. The Labute approximate surface area is 264 Å². The second-order valence-electron chi connectivity index (χ2n) is 10.1. The number of hydrogen-bond donors (Lipinski definition) is 0. The van der Waals surface area contributed by atoms with Gasteiger partial charge in [-0.1, -0.05) is 36.4 Å². The number of aryl methyl sites for hydroxylation is 2. The van der Waals surface area contributed by atoms with Gasteiger partial charge in [-0.3, -0.25) is 9.98 Å². The zero-order chi connectivity index (χ0) is 28.2. The monoisotopic (exact) mass is 622 g/mol. The first-order chi connectivity index (χ1) is 19.7. The first kappa shape index (κ1) is 32.7. The molecular weight excluding hydrogens is 584 g/mol. The Morgan fingerprint density at radius 3 is 1.34 bits per heavy atom. The van der Waals surface area contributed by atoms with E-state index in [-0.39, 0.29) is 26.2 Å².